The van der Waals surface area contributed by atoms with E-state index in [4.69, 9.17) is 4.42 Å². The fourth-order valence-electron chi connectivity index (χ4n) is 1.85. The molecule has 0 N–H and O–H groups in total. The molecule has 0 aliphatic rings. The highest BCUT2D eigenvalue weighted by Crippen LogP contribution is 2.15. The summed E-state index contributed by atoms with van der Waals surface area (Å²) in [5.74, 6) is 1.38. The van der Waals surface area contributed by atoms with Crippen LogP contribution < -0.4 is 4.90 Å². The van der Waals surface area contributed by atoms with Gasteiger partial charge in [0.1, 0.15) is 11.5 Å². The lowest BCUT2D eigenvalue weighted by Gasteiger charge is -2.19. The van der Waals surface area contributed by atoms with Crippen molar-refractivity contribution in [3.05, 3.63) is 72.7 Å². The highest BCUT2D eigenvalue weighted by molar-refractivity contribution is 6.03. The summed E-state index contributed by atoms with van der Waals surface area (Å²) < 4.78 is 5.40. The second-order valence-electron chi connectivity index (χ2n) is 4.35. The molecule has 2 aromatic rings. The summed E-state index contributed by atoms with van der Waals surface area (Å²) in [6, 6.07) is 13.2. The van der Waals surface area contributed by atoms with E-state index in [1.54, 1.807) is 17.1 Å². The van der Waals surface area contributed by atoms with E-state index in [1.807, 2.05) is 49.4 Å². The Morgan fingerprint density at radius 3 is 2.60 bits per heavy atom. The zero-order chi connectivity index (χ0) is 14.4. The Balaban J connectivity index is 2.15. The van der Waals surface area contributed by atoms with Crippen molar-refractivity contribution in [3.8, 4) is 0 Å². The number of aryl methyl sites for hydroxylation is 1. The Morgan fingerprint density at radius 1 is 1.25 bits per heavy atom. The van der Waals surface area contributed by atoms with Crippen molar-refractivity contribution in [1.82, 2.24) is 0 Å². The normalized spacial score (nSPS) is 10.7. The maximum atomic E-state index is 12.3. The average Bonchev–Trinajstić information content (AvgIpc) is 2.89. The molecule has 1 heterocycles. The number of hydrogen-bond acceptors (Lipinski definition) is 2. The Bertz CT molecular complexity index is 611. The van der Waals surface area contributed by atoms with Crippen LogP contribution in [0.5, 0.6) is 0 Å². The molecule has 0 bridgehead atoms. The minimum absolute atomic E-state index is 0.106. The van der Waals surface area contributed by atoms with E-state index in [0.29, 0.717) is 12.3 Å². The van der Waals surface area contributed by atoms with Gasteiger partial charge in [0.2, 0.25) is 0 Å². The molecule has 0 aliphatic heterocycles. The smallest absolute Gasteiger partial charge is 0.251 e. The van der Waals surface area contributed by atoms with Crippen molar-refractivity contribution in [2.45, 2.75) is 6.92 Å². The zero-order valence-electron chi connectivity index (χ0n) is 11.5. The van der Waals surface area contributed by atoms with Gasteiger partial charge in [0.15, 0.2) is 0 Å². The van der Waals surface area contributed by atoms with Gasteiger partial charge in [-0.1, -0.05) is 24.3 Å². The van der Waals surface area contributed by atoms with Crippen molar-refractivity contribution < 1.29 is 9.21 Å². The van der Waals surface area contributed by atoms with Crippen LogP contribution in [-0.2, 0) is 4.79 Å². The van der Waals surface area contributed by atoms with Crippen LogP contribution in [0.2, 0.25) is 0 Å². The van der Waals surface area contributed by atoms with Crippen LogP contribution in [0, 0.1) is 6.92 Å². The van der Waals surface area contributed by atoms with Gasteiger partial charge in [-0.05, 0) is 37.3 Å². The van der Waals surface area contributed by atoms with Crippen LogP contribution in [0.25, 0.3) is 6.08 Å². The Labute approximate surface area is 118 Å². The molecule has 0 spiro atoms. The molecule has 1 aromatic carbocycles. The Morgan fingerprint density at radius 2 is 2.00 bits per heavy atom. The first-order valence-corrected chi connectivity index (χ1v) is 6.42. The lowest BCUT2D eigenvalue weighted by atomic mass is 10.2. The molecular formula is C17H17NO2. The van der Waals surface area contributed by atoms with Gasteiger partial charge in [0.25, 0.3) is 5.91 Å². The van der Waals surface area contributed by atoms with Crippen molar-refractivity contribution in [2.75, 3.05) is 11.4 Å². The number of anilines is 1. The number of para-hydroxylation sites is 1. The number of carbonyl (C=O) groups excluding carboxylic acids is 1. The van der Waals surface area contributed by atoms with Crippen LogP contribution in [-0.4, -0.2) is 12.5 Å². The quantitative estimate of drug-likeness (QED) is 0.609. The lowest BCUT2D eigenvalue weighted by Crippen LogP contribution is -2.29. The topological polar surface area (TPSA) is 33.5 Å². The van der Waals surface area contributed by atoms with Crippen LogP contribution in [0.1, 0.15) is 11.5 Å². The SMILES string of the molecule is C=CCN(C(=O)C=Cc1ccc(C)o1)c1ccccc1. The van der Waals surface area contributed by atoms with E-state index in [9.17, 15) is 4.79 Å². The van der Waals surface area contributed by atoms with Gasteiger partial charge in [0.05, 0.1) is 0 Å². The first-order valence-electron chi connectivity index (χ1n) is 6.42. The second kappa shape index (κ2) is 6.57. The van der Waals surface area contributed by atoms with Gasteiger partial charge in [-0.3, -0.25) is 4.79 Å². The fourth-order valence-corrected chi connectivity index (χ4v) is 1.85. The molecule has 2 rings (SSSR count). The highest BCUT2D eigenvalue weighted by atomic mass is 16.3. The monoisotopic (exact) mass is 267 g/mol. The molecule has 3 nitrogen and oxygen atoms in total. The van der Waals surface area contributed by atoms with E-state index in [0.717, 1.165) is 11.4 Å². The number of nitrogens with zero attached hydrogens (tertiary/aromatic N) is 1. The molecule has 1 amide bonds. The standard InChI is InChI=1S/C17H17NO2/c1-3-13-18(15-7-5-4-6-8-15)17(19)12-11-16-10-9-14(2)20-16/h3-12H,1,13H2,2H3. The third-order valence-corrected chi connectivity index (χ3v) is 2.80. The first kappa shape index (κ1) is 13.9. The molecule has 0 aliphatic carbocycles. The number of amides is 1. The summed E-state index contributed by atoms with van der Waals surface area (Å²) in [7, 11) is 0. The lowest BCUT2D eigenvalue weighted by molar-refractivity contribution is -0.114. The number of carbonyl (C=O) groups is 1. The van der Waals surface area contributed by atoms with E-state index < -0.39 is 0 Å². The van der Waals surface area contributed by atoms with Gasteiger partial charge in [-0.25, -0.2) is 0 Å². The minimum atomic E-state index is -0.106. The first-order chi connectivity index (χ1) is 9.70. The van der Waals surface area contributed by atoms with Crippen LogP contribution in [0.4, 0.5) is 5.69 Å². The zero-order valence-corrected chi connectivity index (χ0v) is 11.5. The van der Waals surface area contributed by atoms with Crippen molar-refractivity contribution >= 4 is 17.7 Å². The maximum Gasteiger partial charge on any atom is 0.251 e. The molecule has 0 fully saturated rings. The summed E-state index contributed by atoms with van der Waals surface area (Å²) in [4.78, 5) is 13.9. The molecule has 1 aromatic heterocycles. The Kier molecular flexibility index (Phi) is 4.56. The van der Waals surface area contributed by atoms with E-state index in [-0.39, 0.29) is 5.91 Å². The summed E-state index contributed by atoms with van der Waals surface area (Å²) in [6.45, 7) is 6.02. The highest BCUT2D eigenvalue weighted by Gasteiger charge is 2.11. The third-order valence-electron chi connectivity index (χ3n) is 2.80. The fraction of sp³-hybridized carbons (Fsp3) is 0.118. The van der Waals surface area contributed by atoms with Crippen molar-refractivity contribution in [3.63, 3.8) is 0 Å². The summed E-state index contributed by atoms with van der Waals surface area (Å²) >= 11 is 0. The van der Waals surface area contributed by atoms with Crippen molar-refractivity contribution in [2.24, 2.45) is 0 Å². The molecule has 0 saturated carbocycles. The summed E-state index contributed by atoms with van der Waals surface area (Å²) in [6.07, 6.45) is 4.89. The summed E-state index contributed by atoms with van der Waals surface area (Å²) in [5, 5.41) is 0. The predicted molar refractivity (Wildman–Crippen MR) is 81.5 cm³/mol. The summed E-state index contributed by atoms with van der Waals surface area (Å²) in [5.41, 5.74) is 0.845. The van der Waals surface area contributed by atoms with Gasteiger partial charge in [-0.15, -0.1) is 6.58 Å². The number of hydrogen-bond donors (Lipinski definition) is 0. The van der Waals surface area contributed by atoms with Crippen LogP contribution in [0.15, 0.2) is 65.6 Å². The van der Waals surface area contributed by atoms with Gasteiger partial charge in [0, 0.05) is 18.3 Å². The van der Waals surface area contributed by atoms with Crippen molar-refractivity contribution in [1.29, 1.82) is 0 Å². The molecule has 0 saturated heterocycles. The molecule has 0 unspecified atom stereocenters. The van der Waals surface area contributed by atoms with Crippen LogP contribution >= 0.6 is 0 Å². The molecule has 3 heteroatoms. The number of rotatable bonds is 5. The Hall–Kier alpha value is -2.55. The van der Waals surface area contributed by atoms with Gasteiger partial charge < -0.3 is 9.32 Å². The molecular weight excluding hydrogens is 250 g/mol. The van der Waals surface area contributed by atoms with E-state index in [1.165, 1.54) is 6.08 Å². The minimum Gasteiger partial charge on any atom is -0.462 e. The average molecular weight is 267 g/mol. The number of benzene rings is 1. The van der Waals surface area contributed by atoms with Gasteiger partial charge >= 0.3 is 0 Å². The predicted octanol–water partition coefficient (Wildman–Crippen LogP) is 3.82. The largest absolute Gasteiger partial charge is 0.462 e. The molecule has 0 atom stereocenters. The van der Waals surface area contributed by atoms with E-state index >= 15 is 0 Å². The molecule has 0 radical (unpaired) electrons. The maximum absolute atomic E-state index is 12.3. The third kappa shape index (κ3) is 3.48. The van der Waals surface area contributed by atoms with Crippen LogP contribution in [0.3, 0.4) is 0 Å². The number of furan rings is 1. The van der Waals surface area contributed by atoms with Gasteiger partial charge in [-0.2, -0.15) is 0 Å². The van der Waals surface area contributed by atoms with E-state index in [2.05, 4.69) is 6.58 Å². The molecule has 102 valence electrons. The second-order valence-corrected chi connectivity index (χ2v) is 4.35. The molecule has 20 heavy (non-hydrogen) atoms.